The summed E-state index contributed by atoms with van der Waals surface area (Å²) in [5.41, 5.74) is 7.33. The number of nitrogens with two attached hydrogens (primary N) is 1. The summed E-state index contributed by atoms with van der Waals surface area (Å²) in [6.07, 6.45) is 5.67. The van der Waals surface area contributed by atoms with Crippen molar-refractivity contribution in [2.75, 3.05) is 25.1 Å². The number of aryl methyl sites for hydroxylation is 1. The molecule has 5 nitrogen and oxygen atoms in total. The standard InChI is InChI=1S/C19H28N2O3.ClH/c1-14-4-5-16(21-18(22)19(20)8-2-3-9-19)12-17(14)24-13-15-6-10-23-11-7-15;/h4-5,12,15H,2-3,6-11,13,20H2,1H3,(H,21,22);1H. The van der Waals surface area contributed by atoms with E-state index in [2.05, 4.69) is 5.32 Å². The lowest BCUT2D eigenvalue weighted by Gasteiger charge is -2.24. The zero-order valence-electron chi connectivity index (χ0n) is 14.9. The van der Waals surface area contributed by atoms with Gasteiger partial charge in [0.1, 0.15) is 5.75 Å². The van der Waals surface area contributed by atoms with Crippen LogP contribution in [0.3, 0.4) is 0 Å². The van der Waals surface area contributed by atoms with Crippen LogP contribution in [-0.2, 0) is 9.53 Å². The van der Waals surface area contributed by atoms with E-state index in [1.807, 2.05) is 25.1 Å². The van der Waals surface area contributed by atoms with Crippen molar-refractivity contribution < 1.29 is 14.3 Å². The second kappa shape index (κ2) is 8.88. The number of ether oxygens (including phenoxy) is 2. The van der Waals surface area contributed by atoms with E-state index >= 15 is 0 Å². The van der Waals surface area contributed by atoms with Crippen LogP contribution < -0.4 is 15.8 Å². The van der Waals surface area contributed by atoms with Gasteiger partial charge in [0.25, 0.3) is 0 Å². The molecule has 25 heavy (non-hydrogen) atoms. The molecule has 2 aliphatic rings. The second-order valence-corrected chi connectivity index (χ2v) is 7.16. The maximum absolute atomic E-state index is 12.4. The zero-order chi connectivity index (χ0) is 17.0. The lowest BCUT2D eigenvalue weighted by Crippen LogP contribution is -2.48. The van der Waals surface area contributed by atoms with Gasteiger partial charge in [-0.15, -0.1) is 12.4 Å². The number of carbonyl (C=O) groups excluding carboxylic acids is 1. The Morgan fingerprint density at radius 2 is 2.00 bits per heavy atom. The van der Waals surface area contributed by atoms with Crippen molar-refractivity contribution in [2.24, 2.45) is 11.7 Å². The molecule has 0 aromatic heterocycles. The normalized spacial score (nSPS) is 19.9. The van der Waals surface area contributed by atoms with Crippen molar-refractivity contribution in [2.45, 2.75) is 51.0 Å². The maximum atomic E-state index is 12.4. The Hall–Kier alpha value is -1.30. The topological polar surface area (TPSA) is 73.6 Å². The first-order valence-corrected chi connectivity index (χ1v) is 8.98. The van der Waals surface area contributed by atoms with Crippen LogP contribution in [0.5, 0.6) is 5.75 Å². The van der Waals surface area contributed by atoms with Crippen molar-refractivity contribution in [3.05, 3.63) is 23.8 Å². The van der Waals surface area contributed by atoms with E-state index in [0.29, 0.717) is 12.5 Å². The summed E-state index contributed by atoms with van der Waals surface area (Å²) < 4.78 is 11.4. The molecule has 0 radical (unpaired) electrons. The van der Waals surface area contributed by atoms with Gasteiger partial charge in [0.05, 0.1) is 12.1 Å². The largest absolute Gasteiger partial charge is 0.493 e. The summed E-state index contributed by atoms with van der Waals surface area (Å²) in [4.78, 5) is 12.4. The number of rotatable bonds is 5. The number of benzene rings is 1. The van der Waals surface area contributed by atoms with E-state index in [1.165, 1.54) is 0 Å². The molecule has 0 unspecified atom stereocenters. The second-order valence-electron chi connectivity index (χ2n) is 7.16. The van der Waals surface area contributed by atoms with Crippen molar-refractivity contribution in [3.8, 4) is 5.75 Å². The highest BCUT2D eigenvalue weighted by atomic mass is 35.5. The van der Waals surface area contributed by atoms with E-state index in [-0.39, 0.29) is 18.3 Å². The zero-order valence-corrected chi connectivity index (χ0v) is 15.7. The number of halogens is 1. The van der Waals surface area contributed by atoms with Crippen LogP contribution in [0.2, 0.25) is 0 Å². The monoisotopic (exact) mass is 368 g/mol. The molecule has 1 aliphatic carbocycles. The summed E-state index contributed by atoms with van der Waals surface area (Å²) in [6, 6.07) is 5.80. The first-order chi connectivity index (χ1) is 11.6. The number of amides is 1. The highest BCUT2D eigenvalue weighted by molar-refractivity contribution is 5.98. The highest BCUT2D eigenvalue weighted by Gasteiger charge is 2.37. The Balaban J connectivity index is 0.00000225. The quantitative estimate of drug-likeness (QED) is 0.835. The Kier molecular flexibility index (Phi) is 7.11. The molecule has 1 aromatic carbocycles. The summed E-state index contributed by atoms with van der Waals surface area (Å²) in [7, 11) is 0. The Bertz CT molecular complexity index is 582. The van der Waals surface area contributed by atoms with Crippen LogP contribution >= 0.6 is 12.4 Å². The molecule has 1 amide bonds. The summed E-state index contributed by atoms with van der Waals surface area (Å²) in [5.74, 6) is 1.29. The molecule has 6 heteroatoms. The van der Waals surface area contributed by atoms with Crippen molar-refractivity contribution in [3.63, 3.8) is 0 Å². The Labute approximate surface area is 156 Å². The molecule has 3 rings (SSSR count). The molecule has 1 aromatic rings. The van der Waals surface area contributed by atoms with Gasteiger partial charge in [0.15, 0.2) is 0 Å². The number of hydrogen-bond donors (Lipinski definition) is 2. The number of hydrogen-bond acceptors (Lipinski definition) is 4. The lowest BCUT2D eigenvalue weighted by atomic mass is 9.98. The van der Waals surface area contributed by atoms with Crippen LogP contribution in [-0.4, -0.2) is 31.3 Å². The van der Waals surface area contributed by atoms with E-state index in [9.17, 15) is 4.79 Å². The van der Waals surface area contributed by atoms with Crippen LogP contribution in [0.1, 0.15) is 44.1 Å². The predicted molar refractivity (Wildman–Crippen MR) is 101 cm³/mol. The van der Waals surface area contributed by atoms with E-state index < -0.39 is 5.54 Å². The van der Waals surface area contributed by atoms with Gasteiger partial charge in [0, 0.05) is 25.0 Å². The molecule has 2 fully saturated rings. The molecule has 1 saturated carbocycles. The molecular formula is C19H29ClN2O3. The van der Waals surface area contributed by atoms with Crippen LogP contribution in [0, 0.1) is 12.8 Å². The van der Waals surface area contributed by atoms with Gasteiger partial charge in [-0.1, -0.05) is 18.9 Å². The minimum absolute atomic E-state index is 0. The Morgan fingerprint density at radius 3 is 2.68 bits per heavy atom. The average Bonchev–Trinajstić information content (AvgIpc) is 3.04. The minimum atomic E-state index is -0.714. The molecule has 0 bridgehead atoms. The van der Waals surface area contributed by atoms with E-state index in [1.54, 1.807) is 0 Å². The fourth-order valence-electron chi connectivity index (χ4n) is 3.44. The highest BCUT2D eigenvalue weighted by Crippen LogP contribution is 2.30. The lowest BCUT2D eigenvalue weighted by molar-refractivity contribution is -0.121. The van der Waals surface area contributed by atoms with Crippen LogP contribution in [0.4, 0.5) is 5.69 Å². The van der Waals surface area contributed by atoms with E-state index in [4.69, 9.17) is 15.2 Å². The van der Waals surface area contributed by atoms with Crippen LogP contribution in [0.15, 0.2) is 18.2 Å². The van der Waals surface area contributed by atoms with Gasteiger partial charge in [-0.3, -0.25) is 4.79 Å². The third kappa shape index (κ3) is 5.09. The summed E-state index contributed by atoms with van der Waals surface area (Å²) in [6.45, 7) is 4.36. The van der Waals surface area contributed by atoms with Crippen molar-refractivity contribution in [1.82, 2.24) is 0 Å². The first-order valence-electron chi connectivity index (χ1n) is 8.98. The van der Waals surface area contributed by atoms with Gasteiger partial charge in [-0.05, 0) is 50.2 Å². The third-order valence-electron chi connectivity index (χ3n) is 5.21. The van der Waals surface area contributed by atoms with Crippen molar-refractivity contribution in [1.29, 1.82) is 0 Å². The molecule has 1 heterocycles. The number of carbonyl (C=O) groups is 1. The number of anilines is 1. The first kappa shape index (κ1) is 20.0. The fraction of sp³-hybridized carbons (Fsp3) is 0.632. The molecular weight excluding hydrogens is 340 g/mol. The molecule has 0 atom stereocenters. The molecule has 1 aliphatic heterocycles. The number of nitrogens with one attached hydrogen (secondary N) is 1. The molecule has 140 valence electrons. The predicted octanol–water partition coefficient (Wildman–Crippen LogP) is 3.43. The SMILES string of the molecule is Cc1ccc(NC(=O)C2(N)CCCC2)cc1OCC1CCOCC1.Cl. The summed E-state index contributed by atoms with van der Waals surface area (Å²) >= 11 is 0. The maximum Gasteiger partial charge on any atom is 0.244 e. The molecule has 3 N–H and O–H groups in total. The van der Waals surface area contributed by atoms with Crippen LogP contribution in [0.25, 0.3) is 0 Å². The average molecular weight is 369 g/mol. The van der Waals surface area contributed by atoms with Gasteiger partial charge >= 0.3 is 0 Å². The van der Waals surface area contributed by atoms with Gasteiger partial charge in [0.2, 0.25) is 5.91 Å². The Morgan fingerprint density at radius 1 is 1.32 bits per heavy atom. The smallest absolute Gasteiger partial charge is 0.244 e. The van der Waals surface area contributed by atoms with Gasteiger partial charge < -0.3 is 20.5 Å². The van der Waals surface area contributed by atoms with Gasteiger partial charge in [-0.25, -0.2) is 0 Å². The molecule has 0 spiro atoms. The minimum Gasteiger partial charge on any atom is -0.493 e. The fourth-order valence-corrected chi connectivity index (χ4v) is 3.44. The van der Waals surface area contributed by atoms with Crippen molar-refractivity contribution >= 4 is 24.0 Å². The third-order valence-corrected chi connectivity index (χ3v) is 5.21. The van der Waals surface area contributed by atoms with E-state index in [0.717, 1.165) is 68.7 Å². The molecule has 1 saturated heterocycles. The van der Waals surface area contributed by atoms with Gasteiger partial charge in [-0.2, -0.15) is 0 Å². The summed E-state index contributed by atoms with van der Waals surface area (Å²) in [5, 5.41) is 2.97.